The van der Waals surface area contributed by atoms with Crippen LogP contribution in [0.25, 0.3) is 0 Å². The fourth-order valence-corrected chi connectivity index (χ4v) is 4.78. The number of aryl methyl sites for hydroxylation is 1. The number of fused-ring (bicyclic) bond motifs is 4. The van der Waals surface area contributed by atoms with Gasteiger partial charge >= 0.3 is 0 Å². The highest BCUT2D eigenvalue weighted by Gasteiger charge is 2.63. The zero-order chi connectivity index (χ0) is 13.2. The van der Waals surface area contributed by atoms with Gasteiger partial charge in [0.15, 0.2) is 0 Å². The third-order valence-corrected chi connectivity index (χ3v) is 6.28. The van der Waals surface area contributed by atoms with Crippen LogP contribution in [0.1, 0.15) is 12.0 Å². The lowest BCUT2D eigenvalue weighted by Crippen LogP contribution is -2.63. The predicted molar refractivity (Wildman–Crippen MR) is 71.0 cm³/mol. The van der Waals surface area contributed by atoms with Crippen molar-refractivity contribution >= 4 is 10.1 Å². The summed E-state index contributed by atoms with van der Waals surface area (Å²) < 4.78 is 29.8. The molecule has 0 aromatic heterocycles. The van der Waals surface area contributed by atoms with E-state index >= 15 is 0 Å². The minimum atomic E-state index is -3.60. The quantitative estimate of drug-likeness (QED) is 0.629. The Labute approximate surface area is 113 Å². The van der Waals surface area contributed by atoms with E-state index in [-0.39, 0.29) is 11.0 Å². The highest BCUT2D eigenvalue weighted by atomic mass is 32.2. The van der Waals surface area contributed by atoms with Crippen molar-refractivity contribution in [1.29, 1.82) is 0 Å². The maximum absolute atomic E-state index is 12.2. The van der Waals surface area contributed by atoms with Crippen molar-refractivity contribution in [3.05, 3.63) is 42.0 Å². The first-order valence-electron chi connectivity index (χ1n) is 6.74. The highest BCUT2D eigenvalue weighted by Crippen LogP contribution is 2.64. The Morgan fingerprint density at radius 3 is 2.37 bits per heavy atom. The maximum atomic E-state index is 12.2. The van der Waals surface area contributed by atoms with Crippen LogP contribution < -0.4 is 0 Å². The van der Waals surface area contributed by atoms with Crippen LogP contribution in [-0.4, -0.2) is 14.5 Å². The van der Waals surface area contributed by atoms with E-state index in [1.807, 2.05) is 6.92 Å². The molecule has 19 heavy (non-hydrogen) atoms. The first-order valence-corrected chi connectivity index (χ1v) is 8.15. The summed E-state index contributed by atoms with van der Waals surface area (Å²) in [4.78, 5) is 0.265. The van der Waals surface area contributed by atoms with Crippen LogP contribution in [0.3, 0.4) is 0 Å². The lowest BCUT2D eigenvalue weighted by Gasteiger charge is -2.64. The van der Waals surface area contributed by atoms with Gasteiger partial charge in [-0.25, -0.2) is 0 Å². The second kappa shape index (κ2) is 3.70. The molecule has 0 heterocycles. The third-order valence-electron chi connectivity index (χ3n) is 4.93. The first kappa shape index (κ1) is 11.7. The summed E-state index contributed by atoms with van der Waals surface area (Å²) in [5.74, 6) is 2.41. The SMILES string of the molecule is Cc1ccc(S(=O)(=O)O[C@@H]2C[C@@H]3[C@@H]4C=C[C@@H]4[C@H]32)cc1. The molecule has 2 fully saturated rings. The zero-order valence-corrected chi connectivity index (χ0v) is 11.5. The van der Waals surface area contributed by atoms with Crippen molar-refractivity contribution < 1.29 is 12.6 Å². The van der Waals surface area contributed by atoms with Gasteiger partial charge in [0.1, 0.15) is 0 Å². The van der Waals surface area contributed by atoms with E-state index < -0.39 is 10.1 Å². The van der Waals surface area contributed by atoms with Gasteiger partial charge in [0, 0.05) is 0 Å². The van der Waals surface area contributed by atoms with Gasteiger partial charge in [-0.2, -0.15) is 8.42 Å². The predicted octanol–water partition coefficient (Wildman–Crippen LogP) is 2.52. The summed E-state index contributed by atoms with van der Waals surface area (Å²) in [5, 5.41) is 0. The summed E-state index contributed by atoms with van der Waals surface area (Å²) in [6, 6.07) is 6.84. The molecule has 5 atom stereocenters. The van der Waals surface area contributed by atoms with E-state index in [0.717, 1.165) is 12.0 Å². The third kappa shape index (κ3) is 1.56. The summed E-state index contributed by atoms with van der Waals surface area (Å²) in [7, 11) is -3.60. The van der Waals surface area contributed by atoms with Gasteiger partial charge in [-0.15, -0.1) is 0 Å². The minimum absolute atomic E-state index is 0.109. The molecule has 0 unspecified atom stereocenters. The molecule has 0 N–H and O–H groups in total. The van der Waals surface area contributed by atoms with Crippen LogP contribution in [0.4, 0.5) is 0 Å². The molecule has 0 spiro atoms. The second-order valence-electron chi connectivity index (χ2n) is 5.92. The Morgan fingerprint density at radius 2 is 1.79 bits per heavy atom. The van der Waals surface area contributed by atoms with Crippen LogP contribution in [0.2, 0.25) is 0 Å². The van der Waals surface area contributed by atoms with Crippen molar-refractivity contribution in [1.82, 2.24) is 0 Å². The molecule has 4 rings (SSSR count). The van der Waals surface area contributed by atoms with E-state index in [0.29, 0.717) is 23.7 Å². The minimum Gasteiger partial charge on any atom is -0.263 e. The highest BCUT2D eigenvalue weighted by molar-refractivity contribution is 7.86. The van der Waals surface area contributed by atoms with E-state index in [1.54, 1.807) is 24.3 Å². The fraction of sp³-hybridized carbons (Fsp3) is 0.467. The van der Waals surface area contributed by atoms with Crippen LogP contribution in [0, 0.1) is 30.6 Å². The Bertz CT molecular complexity index is 644. The normalized spacial score (nSPS) is 38.5. The van der Waals surface area contributed by atoms with Gasteiger partial charge in [0.05, 0.1) is 11.0 Å². The van der Waals surface area contributed by atoms with Gasteiger partial charge in [0.2, 0.25) is 0 Å². The van der Waals surface area contributed by atoms with Gasteiger partial charge < -0.3 is 0 Å². The number of benzene rings is 1. The van der Waals surface area contributed by atoms with Crippen LogP contribution in [0.15, 0.2) is 41.3 Å². The van der Waals surface area contributed by atoms with Gasteiger partial charge in [-0.05, 0) is 49.1 Å². The summed E-state index contributed by atoms with van der Waals surface area (Å²) >= 11 is 0. The lowest BCUT2D eigenvalue weighted by atomic mass is 9.42. The van der Waals surface area contributed by atoms with Crippen molar-refractivity contribution in [2.24, 2.45) is 23.7 Å². The number of hydrogen-bond acceptors (Lipinski definition) is 3. The Morgan fingerprint density at radius 1 is 1.11 bits per heavy atom. The molecule has 0 bridgehead atoms. The summed E-state index contributed by atoms with van der Waals surface area (Å²) in [6.45, 7) is 1.94. The molecular formula is C15H16O3S. The molecule has 4 heteroatoms. The van der Waals surface area contributed by atoms with Crippen molar-refractivity contribution in [2.45, 2.75) is 24.3 Å². The molecule has 3 aliphatic carbocycles. The Kier molecular flexibility index (Phi) is 2.28. The standard InChI is InChI=1S/C15H16O3S/c1-9-2-4-10(5-3-9)19(16,17)18-14-8-13-11-6-7-12(11)15(13)14/h2-7,11-15H,8H2,1H3/t11-,12+,13-,14-,15-/m1/s1. The molecule has 0 radical (unpaired) electrons. The monoisotopic (exact) mass is 276 g/mol. The molecule has 100 valence electrons. The first-order chi connectivity index (χ1) is 9.06. The van der Waals surface area contributed by atoms with Gasteiger partial charge in [-0.1, -0.05) is 29.8 Å². The molecule has 1 aromatic rings. The number of hydrogen-bond donors (Lipinski definition) is 0. The molecule has 2 saturated carbocycles. The molecular weight excluding hydrogens is 260 g/mol. The van der Waals surface area contributed by atoms with Crippen LogP contribution in [0.5, 0.6) is 0 Å². The van der Waals surface area contributed by atoms with Gasteiger partial charge in [-0.3, -0.25) is 4.18 Å². The molecule has 1 aromatic carbocycles. The lowest BCUT2D eigenvalue weighted by molar-refractivity contribution is -0.154. The van der Waals surface area contributed by atoms with E-state index in [4.69, 9.17) is 4.18 Å². The average Bonchev–Trinajstić information content (AvgIpc) is 2.33. The number of rotatable bonds is 3. The second-order valence-corrected chi connectivity index (χ2v) is 7.49. The van der Waals surface area contributed by atoms with E-state index in [1.165, 1.54) is 0 Å². The van der Waals surface area contributed by atoms with E-state index in [2.05, 4.69) is 12.2 Å². The summed E-state index contributed by atoms with van der Waals surface area (Å²) in [5.41, 5.74) is 1.05. The van der Waals surface area contributed by atoms with Gasteiger partial charge in [0.25, 0.3) is 10.1 Å². The Hall–Kier alpha value is -1.13. The maximum Gasteiger partial charge on any atom is 0.297 e. The van der Waals surface area contributed by atoms with Crippen LogP contribution in [-0.2, 0) is 14.3 Å². The molecule has 0 saturated heterocycles. The zero-order valence-electron chi connectivity index (χ0n) is 10.7. The smallest absolute Gasteiger partial charge is 0.263 e. The topological polar surface area (TPSA) is 43.4 Å². The van der Waals surface area contributed by atoms with Crippen molar-refractivity contribution in [3.8, 4) is 0 Å². The summed E-state index contributed by atoms with van der Waals surface area (Å²) in [6.07, 6.45) is 5.22. The molecule has 0 aliphatic heterocycles. The largest absolute Gasteiger partial charge is 0.297 e. The molecule has 3 aliphatic rings. The molecule has 3 nitrogen and oxygen atoms in total. The van der Waals surface area contributed by atoms with Crippen molar-refractivity contribution in [3.63, 3.8) is 0 Å². The fourth-order valence-electron chi connectivity index (χ4n) is 3.67. The van der Waals surface area contributed by atoms with Crippen LogP contribution >= 0.6 is 0 Å². The Balaban J connectivity index is 1.50. The number of allylic oxidation sites excluding steroid dienone is 2. The average molecular weight is 276 g/mol. The van der Waals surface area contributed by atoms with Crippen molar-refractivity contribution in [2.75, 3.05) is 0 Å². The van der Waals surface area contributed by atoms with E-state index in [9.17, 15) is 8.42 Å². The molecule has 0 amide bonds.